The first-order valence-electron chi connectivity index (χ1n) is 6.68. The molecule has 0 saturated carbocycles. The van der Waals surface area contributed by atoms with Crippen LogP contribution in [0.25, 0.3) is 0 Å². The molecule has 0 radical (unpaired) electrons. The third-order valence-corrected chi connectivity index (χ3v) is 3.54. The summed E-state index contributed by atoms with van der Waals surface area (Å²) >= 11 is 5.41. The molecule has 1 N–H and O–H groups in total. The minimum absolute atomic E-state index is 0.694. The van der Waals surface area contributed by atoms with Crippen LogP contribution >= 0.6 is 12.2 Å². The summed E-state index contributed by atoms with van der Waals surface area (Å²) in [5.41, 5.74) is 3.34. The van der Waals surface area contributed by atoms with E-state index in [0.717, 1.165) is 17.8 Å². The van der Waals surface area contributed by atoms with Crippen LogP contribution in [0.4, 0.5) is 5.69 Å². The summed E-state index contributed by atoms with van der Waals surface area (Å²) in [6, 6.07) is 10.3. The maximum absolute atomic E-state index is 5.41. The van der Waals surface area contributed by atoms with Crippen molar-refractivity contribution in [1.82, 2.24) is 14.7 Å². The Hall–Kier alpha value is -1.88. The van der Waals surface area contributed by atoms with Gasteiger partial charge in [-0.15, -0.1) is 0 Å². The Morgan fingerprint density at radius 3 is 2.55 bits per heavy atom. The molecule has 0 aliphatic rings. The van der Waals surface area contributed by atoms with Gasteiger partial charge in [-0.3, -0.25) is 4.68 Å². The van der Waals surface area contributed by atoms with Gasteiger partial charge in [0, 0.05) is 26.0 Å². The van der Waals surface area contributed by atoms with Crippen molar-refractivity contribution < 1.29 is 0 Å². The van der Waals surface area contributed by atoms with Gasteiger partial charge in [-0.1, -0.05) is 19.1 Å². The minimum Gasteiger partial charge on any atom is -0.346 e. The van der Waals surface area contributed by atoms with Crippen LogP contribution in [0.5, 0.6) is 0 Å². The number of thiocarbonyl (C=S) groups is 1. The minimum atomic E-state index is 0.694. The average Bonchev–Trinajstić information content (AvgIpc) is 2.85. The number of rotatable bonds is 4. The normalized spacial score (nSPS) is 10.3. The second-order valence-electron chi connectivity index (χ2n) is 4.82. The monoisotopic (exact) mass is 288 g/mol. The molecule has 2 rings (SSSR count). The third kappa shape index (κ3) is 3.81. The van der Waals surface area contributed by atoms with Gasteiger partial charge in [0.25, 0.3) is 0 Å². The molecule has 1 aromatic carbocycles. The molecule has 4 nitrogen and oxygen atoms in total. The van der Waals surface area contributed by atoms with Gasteiger partial charge in [0.05, 0.1) is 12.2 Å². The summed E-state index contributed by atoms with van der Waals surface area (Å²) < 4.78 is 1.79. The van der Waals surface area contributed by atoms with Crippen LogP contribution in [0.15, 0.2) is 36.5 Å². The van der Waals surface area contributed by atoms with E-state index < -0.39 is 0 Å². The van der Waals surface area contributed by atoms with Crippen molar-refractivity contribution >= 4 is 23.0 Å². The van der Waals surface area contributed by atoms with Gasteiger partial charge < -0.3 is 10.2 Å². The zero-order chi connectivity index (χ0) is 14.5. The lowest BCUT2D eigenvalue weighted by Crippen LogP contribution is -2.30. The molecule has 0 atom stereocenters. The lowest BCUT2D eigenvalue weighted by Gasteiger charge is -2.20. The molecule has 1 heterocycles. The fourth-order valence-corrected chi connectivity index (χ4v) is 2.09. The summed E-state index contributed by atoms with van der Waals surface area (Å²) in [5, 5.41) is 8.29. The number of aromatic nitrogens is 2. The van der Waals surface area contributed by atoms with Gasteiger partial charge in [-0.05, 0) is 42.4 Å². The van der Waals surface area contributed by atoms with Crippen molar-refractivity contribution in [2.45, 2.75) is 19.9 Å². The summed E-state index contributed by atoms with van der Waals surface area (Å²) in [5.74, 6) is 0. The van der Waals surface area contributed by atoms with Crippen molar-refractivity contribution in [3.05, 3.63) is 47.8 Å². The molecule has 0 saturated heterocycles. The second kappa shape index (κ2) is 6.52. The van der Waals surface area contributed by atoms with Crippen molar-refractivity contribution in [2.75, 3.05) is 12.4 Å². The number of anilines is 1. The highest BCUT2D eigenvalue weighted by Crippen LogP contribution is 2.11. The summed E-state index contributed by atoms with van der Waals surface area (Å²) in [7, 11) is 3.87. The molecule has 0 fully saturated rings. The van der Waals surface area contributed by atoms with Gasteiger partial charge in [-0.25, -0.2) is 0 Å². The van der Waals surface area contributed by atoms with Gasteiger partial charge in [0.2, 0.25) is 0 Å². The van der Waals surface area contributed by atoms with Gasteiger partial charge in [0.15, 0.2) is 5.11 Å². The molecular weight excluding hydrogens is 268 g/mol. The number of benzene rings is 1. The SMILES string of the molecule is CCc1ccc(NC(=S)N(C)Cc2ccn(C)n2)cc1. The summed E-state index contributed by atoms with van der Waals surface area (Å²) in [4.78, 5) is 1.98. The van der Waals surface area contributed by atoms with Crippen LogP contribution in [0.1, 0.15) is 18.2 Å². The van der Waals surface area contributed by atoms with Crippen LogP contribution in [-0.4, -0.2) is 26.8 Å². The Kier molecular flexibility index (Phi) is 4.74. The molecule has 0 amide bonds. The number of nitrogens with one attached hydrogen (secondary N) is 1. The van der Waals surface area contributed by atoms with E-state index in [-0.39, 0.29) is 0 Å². The highest BCUT2D eigenvalue weighted by atomic mass is 32.1. The van der Waals surface area contributed by atoms with E-state index in [1.807, 2.05) is 31.3 Å². The highest BCUT2D eigenvalue weighted by Gasteiger charge is 2.07. The standard InChI is InChI=1S/C15H20N4S/c1-4-12-5-7-13(8-6-12)16-15(20)18(2)11-14-9-10-19(3)17-14/h5-10H,4,11H2,1-3H3,(H,16,20). The summed E-state index contributed by atoms with van der Waals surface area (Å²) in [6.45, 7) is 2.84. The van der Waals surface area contributed by atoms with Crippen molar-refractivity contribution in [3.8, 4) is 0 Å². The number of hydrogen-bond acceptors (Lipinski definition) is 2. The van der Waals surface area contributed by atoms with Crippen LogP contribution in [-0.2, 0) is 20.0 Å². The Bertz CT molecular complexity index is 574. The predicted molar refractivity (Wildman–Crippen MR) is 86.7 cm³/mol. The molecular formula is C15H20N4S. The Morgan fingerprint density at radius 1 is 1.30 bits per heavy atom. The zero-order valence-corrected chi connectivity index (χ0v) is 12.9. The third-order valence-electron chi connectivity index (χ3n) is 3.13. The first-order valence-corrected chi connectivity index (χ1v) is 7.09. The Morgan fingerprint density at radius 2 is 2.00 bits per heavy atom. The smallest absolute Gasteiger partial charge is 0.173 e. The zero-order valence-electron chi connectivity index (χ0n) is 12.1. The van der Waals surface area contributed by atoms with Crippen molar-refractivity contribution in [2.24, 2.45) is 7.05 Å². The van der Waals surface area contributed by atoms with E-state index in [9.17, 15) is 0 Å². The molecule has 1 aromatic heterocycles. The fraction of sp³-hybridized carbons (Fsp3) is 0.333. The van der Waals surface area contributed by atoms with E-state index in [1.165, 1.54) is 5.56 Å². The van der Waals surface area contributed by atoms with Crippen LogP contribution in [0, 0.1) is 0 Å². The molecule has 0 bridgehead atoms. The Balaban J connectivity index is 1.93. The number of aryl methyl sites for hydroxylation is 2. The van der Waals surface area contributed by atoms with E-state index in [2.05, 4.69) is 41.6 Å². The van der Waals surface area contributed by atoms with Crippen LogP contribution in [0.2, 0.25) is 0 Å². The van der Waals surface area contributed by atoms with E-state index in [4.69, 9.17) is 12.2 Å². The van der Waals surface area contributed by atoms with Crippen LogP contribution < -0.4 is 5.32 Å². The molecule has 5 heteroatoms. The molecule has 0 aliphatic heterocycles. The molecule has 0 aliphatic carbocycles. The maximum Gasteiger partial charge on any atom is 0.173 e. The largest absolute Gasteiger partial charge is 0.346 e. The van der Waals surface area contributed by atoms with Gasteiger partial charge >= 0.3 is 0 Å². The maximum atomic E-state index is 5.41. The molecule has 2 aromatic rings. The summed E-state index contributed by atoms with van der Waals surface area (Å²) in [6.07, 6.45) is 2.98. The molecule has 106 valence electrons. The first-order chi connectivity index (χ1) is 9.58. The topological polar surface area (TPSA) is 33.1 Å². The second-order valence-corrected chi connectivity index (χ2v) is 5.20. The molecule has 20 heavy (non-hydrogen) atoms. The lowest BCUT2D eigenvalue weighted by molar-refractivity contribution is 0.495. The van der Waals surface area contributed by atoms with Crippen molar-refractivity contribution in [3.63, 3.8) is 0 Å². The van der Waals surface area contributed by atoms with E-state index in [0.29, 0.717) is 11.7 Å². The van der Waals surface area contributed by atoms with Crippen molar-refractivity contribution in [1.29, 1.82) is 0 Å². The quantitative estimate of drug-likeness (QED) is 0.877. The lowest BCUT2D eigenvalue weighted by atomic mass is 10.1. The number of nitrogens with zero attached hydrogens (tertiary/aromatic N) is 3. The van der Waals surface area contributed by atoms with Gasteiger partial charge in [-0.2, -0.15) is 5.10 Å². The molecule has 0 unspecified atom stereocenters. The van der Waals surface area contributed by atoms with Crippen LogP contribution in [0.3, 0.4) is 0 Å². The first kappa shape index (κ1) is 14.5. The Labute approximate surface area is 125 Å². The van der Waals surface area contributed by atoms with E-state index >= 15 is 0 Å². The average molecular weight is 288 g/mol. The number of hydrogen-bond donors (Lipinski definition) is 1. The van der Waals surface area contributed by atoms with E-state index in [1.54, 1.807) is 4.68 Å². The highest BCUT2D eigenvalue weighted by molar-refractivity contribution is 7.80. The predicted octanol–water partition coefficient (Wildman–Crippen LogP) is 2.81. The molecule has 0 spiro atoms. The fourth-order valence-electron chi connectivity index (χ4n) is 1.90. The van der Waals surface area contributed by atoms with Gasteiger partial charge in [0.1, 0.15) is 0 Å².